The Morgan fingerprint density at radius 1 is 1.17 bits per heavy atom. The van der Waals surface area contributed by atoms with E-state index in [0.717, 1.165) is 12.5 Å². The van der Waals surface area contributed by atoms with Crippen LogP contribution in [0.2, 0.25) is 0 Å². The Balaban J connectivity index is 1.85. The molecular formula is C14H24N2O2. The summed E-state index contributed by atoms with van der Waals surface area (Å²) in [5.74, 6) is 1.52. The number of amides is 2. The fraction of sp³-hybridized carbons (Fsp3) is 0.857. The van der Waals surface area contributed by atoms with Crippen molar-refractivity contribution in [1.29, 1.82) is 0 Å². The molecular weight excluding hydrogens is 228 g/mol. The maximum atomic E-state index is 12.0. The van der Waals surface area contributed by atoms with E-state index in [0.29, 0.717) is 5.92 Å². The lowest BCUT2D eigenvalue weighted by Gasteiger charge is -2.36. The van der Waals surface area contributed by atoms with Gasteiger partial charge in [0.15, 0.2) is 0 Å². The molecule has 2 fully saturated rings. The molecule has 0 bridgehead atoms. The van der Waals surface area contributed by atoms with Gasteiger partial charge in [0.05, 0.1) is 6.54 Å². The molecule has 1 atom stereocenters. The summed E-state index contributed by atoms with van der Waals surface area (Å²) in [5, 5.41) is 2.68. The van der Waals surface area contributed by atoms with Crippen LogP contribution in [-0.2, 0) is 9.59 Å². The normalized spacial score (nSPS) is 33.4. The molecule has 1 saturated carbocycles. The van der Waals surface area contributed by atoms with E-state index in [1.54, 1.807) is 11.8 Å². The Labute approximate surface area is 109 Å². The largest absolute Gasteiger partial charge is 0.343 e. The van der Waals surface area contributed by atoms with E-state index in [2.05, 4.69) is 12.2 Å². The van der Waals surface area contributed by atoms with Crippen LogP contribution >= 0.6 is 0 Å². The van der Waals surface area contributed by atoms with Crippen molar-refractivity contribution in [2.24, 2.45) is 11.8 Å². The second-order valence-corrected chi connectivity index (χ2v) is 5.80. The zero-order valence-electron chi connectivity index (χ0n) is 11.4. The molecule has 1 aliphatic heterocycles. The topological polar surface area (TPSA) is 49.4 Å². The molecule has 1 unspecified atom stereocenters. The minimum Gasteiger partial charge on any atom is -0.343 e. The maximum Gasteiger partial charge on any atom is 0.245 e. The molecule has 0 aromatic heterocycles. The van der Waals surface area contributed by atoms with Crippen LogP contribution in [-0.4, -0.2) is 35.8 Å². The summed E-state index contributed by atoms with van der Waals surface area (Å²) in [4.78, 5) is 25.2. The molecule has 0 aromatic carbocycles. The van der Waals surface area contributed by atoms with Gasteiger partial charge in [-0.3, -0.25) is 9.59 Å². The summed E-state index contributed by atoms with van der Waals surface area (Å²) in [7, 11) is 0. The maximum absolute atomic E-state index is 12.0. The van der Waals surface area contributed by atoms with Crippen molar-refractivity contribution in [2.45, 2.75) is 52.0 Å². The first-order valence-electron chi connectivity index (χ1n) is 7.18. The predicted molar refractivity (Wildman–Crippen MR) is 69.9 cm³/mol. The SMILES string of the molecule is CCC1CCC(CN2CC(=O)NC(C)C2=O)CC1. The molecule has 1 saturated heterocycles. The molecule has 1 heterocycles. The van der Waals surface area contributed by atoms with Gasteiger partial charge < -0.3 is 10.2 Å². The van der Waals surface area contributed by atoms with Crippen molar-refractivity contribution >= 4 is 11.8 Å². The number of rotatable bonds is 3. The van der Waals surface area contributed by atoms with Crippen LogP contribution in [0.25, 0.3) is 0 Å². The summed E-state index contributed by atoms with van der Waals surface area (Å²) >= 11 is 0. The minimum absolute atomic E-state index is 0.0238. The van der Waals surface area contributed by atoms with E-state index >= 15 is 0 Å². The van der Waals surface area contributed by atoms with Crippen LogP contribution in [0.4, 0.5) is 0 Å². The molecule has 0 aromatic rings. The van der Waals surface area contributed by atoms with Crippen LogP contribution in [0.15, 0.2) is 0 Å². The van der Waals surface area contributed by atoms with Crippen molar-refractivity contribution < 1.29 is 9.59 Å². The summed E-state index contributed by atoms with van der Waals surface area (Å²) in [6.45, 7) is 5.04. The highest BCUT2D eigenvalue weighted by molar-refractivity contribution is 5.94. The van der Waals surface area contributed by atoms with Crippen LogP contribution in [0.3, 0.4) is 0 Å². The Hall–Kier alpha value is -1.06. The van der Waals surface area contributed by atoms with Gasteiger partial charge in [-0.25, -0.2) is 0 Å². The molecule has 2 amide bonds. The van der Waals surface area contributed by atoms with Gasteiger partial charge in [0.25, 0.3) is 0 Å². The predicted octanol–water partition coefficient (Wildman–Crippen LogP) is 1.55. The van der Waals surface area contributed by atoms with Crippen LogP contribution < -0.4 is 5.32 Å². The van der Waals surface area contributed by atoms with Crippen LogP contribution in [0.5, 0.6) is 0 Å². The number of nitrogens with zero attached hydrogens (tertiary/aromatic N) is 1. The first-order valence-corrected chi connectivity index (χ1v) is 7.18. The lowest BCUT2D eigenvalue weighted by Crippen LogP contribution is -2.57. The highest BCUT2D eigenvalue weighted by Gasteiger charge is 2.31. The van der Waals surface area contributed by atoms with E-state index < -0.39 is 0 Å². The first-order chi connectivity index (χ1) is 8.60. The average molecular weight is 252 g/mol. The molecule has 0 radical (unpaired) electrons. The third-order valence-electron chi connectivity index (χ3n) is 4.42. The zero-order valence-corrected chi connectivity index (χ0v) is 11.4. The number of carbonyl (C=O) groups is 2. The lowest BCUT2D eigenvalue weighted by atomic mass is 9.80. The molecule has 1 aliphatic carbocycles. The van der Waals surface area contributed by atoms with E-state index in [9.17, 15) is 9.59 Å². The summed E-state index contributed by atoms with van der Waals surface area (Å²) in [6, 6.07) is -0.349. The van der Waals surface area contributed by atoms with Crippen molar-refractivity contribution in [3.05, 3.63) is 0 Å². The van der Waals surface area contributed by atoms with E-state index in [1.165, 1.54) is 32.1 Å². The summed E-state index contributed by atoms with van der Waals surface area (Å²) in [6.07, 6.45) is 6.25. The van der Waals surface area contributed by atoms with Crippen molar-refractivity contribution in [3.63, 3.8) is 0 Å². The van der Waals surface area contributed by atoms with E-state index in [1.807, 2.05) is 0 Å². The Bertz CT molecular complexity index is 322. The van der Waals surface area contributed by atoms with Crippen molar-refractivity contribution in [3.8, 4) is 0 Å². The summed E-state index contributed by atoms with van der Waals surface area (Å²) < 4.78 is 0. The second-order valence-electron chi connectivity index (χ2n) is 5.80. The second kappa shape index (κ2) is 5.72. The quantitative estimate of drug-likeness (QED) is 0.828. The van der Waals surface area contributed by atoms with E-state index in [-0.39, 0.29) is 24.4 Å². The lowest BCUT2D eigenvalue weighted by molar-refractivity contribution is -0.144. The number of piperazine rings is 1. The van der Waals surface area contributed by atoms with Gasteiger partial charge in [-0.1, -0.05) is 26.2 Å². The van der Waals surface area contributed by atoms with Gasteiger partial charge in [-0.15, -0.1) is 0 Å². The third kappa shape index (κ3) is 3.03. The molecule has 2 aliphatic rings. The Kier molecular flexibility index (Phi) is 4.25. The van der Waals surface area contributed by atoms with Crippen LogP contribution in [0, 0.1) is 11.8 Å². The average Bonchev–Trinajstić information content (AvgIpc) is 2.36. The van der Waals surface area contributed by atoms with Gasteiger partial charge >= 0.3 is 0 Å². The summed E-state index contributed by atoms with van der Waals surface area (Å²) in [5.41, 5.74) is 0. The first kappa shape index (κ1) is 13.4. The third-order valence-corrected chi connectivity index (χ3v) is 4.42. The molecule has 1 N–H and O–H groups in total. The zero-order chi connectivity index (χ0) is 13.1. The number of hydrogen-bond donors (Lipinski definition) is 1. The van der Waals surface area contributed by atoms with Gasteiger partial charge in [-0.2, -0.15) is 0 Å². The number of carbonyl (C=O) groups excluding carboxylic acids is 2. The van der Waals surface area contributed by atoms with Gasteiger partial charge in [0.1, 0.15) is 6.04 Å². The highest BCUT2D eigenvalue weighted by Crippen LogP contribution is 2.31. The highest BCUT2D eigenvalue weighted by atomic mass is 16.2. The fourth-order valence-corrected chi connectivity index (χ4v) is 3.16. The molecule has 4 heteroatoms. The molecule has 102 valence electrons. The van der Waals surface area contributed by atoms with Crippen LogP contribution in [0.1, 0.15) is 46.0 Å². The number of hydrogen-bond acceptors (Lipinski definition) is 2. The Morgan fingerprint density at radius 2 is 1.78 bits per heavy atom. The van der Waals surface area contributed by atoms with E-state index in [4.69, 9.17) is 0 Å². The van der Waals surface area contributed by atoms with Gasteiger partial charge in [0, 0.05) is 6.54 Å². The monoisotopic (exact) mass is 252 g/mol. The molecule has 2 rings (SSSR count). The standard InChI is InChI=1S/C14H24N2O2/c1-3-11-4-6-12(7-5-11)8-16-9-13(17)15-10(2)14(16)18/h10-12H,3-9H2,1-2H3,(H,15,17). The van der Waals surface area contributed by atoms with Gasteiger partial charge in [0.2, 0.25) is 11.8 Å². The van der Waals surface area contributed by atoms with Crippen molar-refractivity contribution in [1.82, 2.24) is 10.2 Å². The fourth-order valence-electron chi connectivity index (χ4n) is 3.16. The molecule has 18 heavy (non-hydrogen) atoms. The smallest absolute Gasteiger partial charge is 0.245 e. The molecule has 0 spiro atoms. The number of nitrogens with one attached hydrogen (secondary N) is 1. The Morgan fingerprint density at radius 3 is 2.39 bits per heavy atom. The minimum atomic E-state index is -0.349. The van der Waals surface area contributed by atoms with Crippen molar-refractivity contribution in [2.75, 3.05) is 13.1 Å². The molecule has 4 nitrogen and oxygen atoms in total. The van der Waals surface area contributed by atoms with Gasteiger partial charge in [-0.05, 0) is 31.6 Å².